The van der Waals surface area contributed by atoms with E-state index in [0.29, 0.717) is 0 Å². The SMILES string of the molecule is O=C(OP(O)O)c1ccccc1C(=O)OP(O)O. The molecule has 0 saturated carbocycles. The van der Waals surface area contributed by atoms with Crippen LogP contribution in [0.15, 0.2) is 24.3 Å². The molecule has 8 nitrogen and oxygen atoms in total. The van der Waals surface area contributed by atoms with Crippen LogP contribution in [0.25, 0.3) is 0 Å². The van der Waals surface area contributed by atoms with Gasteiger partial charge in [-0.05, 0) is 12.1 Å². The molecule has 0 radical (unpaired) electrons. The van der Waals surface area contributed by atoms with Crippen LogP contribution in [0.4, 0.5) is 0 Å². The van der Waals surface area contributed by atoms with Crippen molar-refractivity contribution in [3.8, 4) is 0 Å². The van der Waals surface area contributed by atoms with Crippen LogP contribution < -0.4 is 0 Å². The van der Waals surface area contributed by atoms with Gasteiger partial charge in [-0.2, -0.15) is 0 Å². The van der Waals surface area contributed by atoms with Gasteiger partial charge in [-0.3, -0.25) is 0 Å². The van der Waals surface area contributed by atoms with E-state index < -0.39 is 29.1 Å². The normalized spacial score (nSPS) is 10.6. The molecule has 1 aromatic carbocycles. The molecule has 10 heteroatoms. The van der Waals surface area contributed by atoms with Crippen LogP contribution in [0.3, 0.4) is 0 Å². The van der Waals surface area contributed by atoms with Gasteiger partial charge in [-0.15, -0.1) is 0 Å². The van der Waals surface area contributed by atoms with Crippen molar-refractivity contribution >= 4 is 29.1 Å². The minimum atomic E-state index is -2.91. The lowest BCUT2D eigenvalue weighted by atomic mass is 10.1. The van der Waals surface area contributed by atoms with E-state index in [-0.39, 0.29) is 11.1 Å². The summed E-state index contributed by atoms with van der Waals surface area (Å²) in [6.07, 6.45) is 0. The molecule has 98 valence electrons. The molecule has 0 aliphatic rings. The van der Waals surface area contributed by atoms with Crippen molar-refractivity contribution in [1.29, 1.82) is 0 Å². The number of hydrogen-bond donors (Lipinski definition) is 4. The van der Waals surface area contributed by atoms with Gasteiger partial charge in [0, 0.05) is 0 Å². The van der Waals surface area contributed by atoms with Gasteiger partial charge in [-0.1, -0.05) is 12.1 Å². The molecule has 1 rings (SSSR count). The smallest absolute Gasteiger partial charge is 0.391 e. The molecule has 0 spiro atoms. The monoisotopic (exact) mass is 294 g/mol. The molecule has 18 heavy (non-hydrogen) atoms. The Balaban J connectivity index is 2.99. The Morgan fingerprint density at radius 1 is 0.833 bits per heavy atom. The van der Waals surface area contributed by atoms with E-state index in [1.54, 1.807) is 0 Å². The number of hydrogen-bond acceptors (Lipinski definition) is 8. The molecule has 0 atom stereocenters. The molecular weight excluding hydrogens is 286 g/mol. The summed E-state index contributed by atoms with van der Waals surface area (Å²) in [5.41, 5.74) is -0.565. The van der Waals surface area contributed by atoms with E-state index in [2.05, 4.69) is 9.05 Å². The van der Waals surface area contributed by atoms with Crippen molar-refractivity contribution in [2.45, 2.75) is 0 Å². The van der Waals surface area contributed by atoms with Crippen molar-refractivity contribution in [1.82, 2.24) is 0 Å². The molecule has 4 N–H and O–H groups in total. The average Bonchev–Trinajstić information content (AvgIpc) is 2.27. The Kier molecular flexibility index (Phi) is 5.55. The molecular formula is C8H8O8P2. The molecule has 0 fully saturated rings. The fraction of sp³-hybridized carbons (Fsp3) is 0. The fourth-order valence-corrected chi connectivity index (χ4v) is 1.58. The quantitative estimate of drug-likeness (QED) is 0.587. The van der Waals surface area contributed by atoms with Crippen LogP contribution in [-0.4, -0.2) is 31.5 Å². The van der Waals surface area contributed by atoms with Crippen molar-refractivity contribution in [3.63, 3.8) is 0 Å². The lowest BCUT2D eigenvalue weighted by molar-refractivity contribution is 0.0669. The highest BCUT2D eigenvalue weighted by molar-refractivity contribution is 7.40. The Bertz CT molecular complexity index is 405. The van der Waals surface area contributed by atoms with E-state index in [1.165, 1.54) is 24.3 Å². The third-order valence-corrected chi connectivity index (χ3v) is 2.35. The maximum Gasteiger partial charge on any atom is 0.394 e. The second-order valence-electron chi connectivity index (χ2n) is 2.81. The summed E-state index contributed by atoms with van der Waals surface area (Å²) in [6, 6.07) is 5.19. The first kappa shape index (κ1) is 14.9. The second-order valence-corrected chi connectivity index (χ2v) is 4.18. The first-order chi connectivity index (χ1) is 8.41. The Labute approximate surface area is 103 Å². The summed E-state index contributed by atoms with van der Waals surface area (Å²) in [6.45, 7) is 0. The number of benzene rings is 1. The molecule has 0 heterocycles. The zero-order chi connectivity index (χ0) is 13.7. The van der Waals surface area contributed by atoms with Crippen molar-refractivity contribution in [2.24, 2.45) is 0 Å². The first-order valence-corrected chi connectivity index (χ1v) is 6.64. The topological polar surface area (TPSA) is 134 Å². The van der Waals surface area contributed by atoms with E-state index in [4.69, 9.17) is 19.6 Å². The minimum absolute atomic E-state index is 0.282. The maximum absolute atomic E-state index is 11.4. The van der Waals surface area contributed by atoms with Crippen molar-refractivity contribution < 1.29 is 38.2 Å². The standard InChI is InChI=1S/C8H8O8P2/c9-7(15-17(11)12)5-3-1-2-4-6(5)8(10)16-18(13)14/h1-4,11-14H. The van der Waals surface area contributed by atoms with Crippen LogP contribution in [0, 0.1) is 0 Å². The molecule has 0 saturated heterocycles. The lowest BCUT2D eigenvalue weighted by Gasteiger charge is -2.09. The van der Waals surface area contributed by atoms with Crippen LogP contribution in [0.5, 0.6) is 0 Å². The predicted octanol–water partition coefficient (Wildman–Crippen LogP) is 0.423. The molecule has 0 unspecified atom stereocenters. The average molecular weight is 294 g/mol. The Morgan fingerprint density at radius 2 is 1.17 bits per heavy atom. The number of rotatable bonds is 4. The van der Waals surface area contributed by atoms with Gasteiger partial charge in [0.25, 0.3) is 0 Å². The zero-order valence-electron chi connectivity index (χ0n) is 8.63. The summed E-state index contributed by atoms with van der Waals surface area (Å²) < 4.78 is 8.28. The largest absolute Gasteiger partial charge is 0.394 e. The summed E-state index contributed by atoms with van der Waals surface area (Å²) in [7, 11) is -5.82. The number of carbonyl (C=O) groups excluding carboxylic acids is 2. The summed E-state index contributed by atoms with van der Waals surface area (Å²) in [5, 5.41) is 0. The van der Waals surface area contributed by atoms with Crippen LogP contribution in [-0.2, 0) is 9.05 Å². The third kappa shape index (κ3) is 4.27. The molecule has 0 bridgehead atoms. The van der Waals surface area contributed by atoms with Gasteiger partial charge >= 0.3 is 29.1 Å². The highest BCUT2D eigenvalue weighted by atomic mass is 31.2. The molecule has 0 aromatic heterocycles. The lowest BCUT2D eigenvalue weighted by Crippen LogP contribution is -2.11. The Morgan fingerprint density at radius 3 is 1.44 bits per heavy atom. The molecule has 0 amide bonds. The minimum Gasteiger partial charge on any atom is -0.391 e. The van der Waals surface area contributed by atoms with E-state index >= 15 is 0 Å². The van der Waals surface area contributed by atoms with Gasteiger partial charge in [0.2, 0.25) is 0 Å². The summed E-state index contributed by atoms with van der Waals surface area (Å²) in [4.78, 5) is 57.0. The van der Waals surface area contributed by atoms with Gasteiger partial charge in [0.05, 0.1) is 11.1 Å². The van der Waals surface area contributed by atoms with E-state index in [0.717, 1.165) is 0 Å². The van der Waals surface area contributed by atoms with Crippen LogP contribution in [0.2, 0.25) is 0 Å². The van der Waals surface area contributed by atoms with Gasteiger partial charge in [0.1, 0.15) is 0 Å². The highest BCUT2D eigenvalue weighted by Crippen LogP contribution is 2.30. The van der Waals surface area contributed by atoms with Gasteiger partial charge in [0.15, 0.2) is 0 Å². The van der Waals surface area contributed by atoms with Crippen LogP contribution in [0.1, 0.15) is 20.7 Å². The molecule has 0 aliphatic heterocycles. The van der Waals surface area contributed by atoms with Crippen molar-refractivity contribution in [3.05, 3.63) is 35.4 Å². The zero-order valence-corrected chi connectivity index (χ0v) is 10.4. The van der Waals surface area contributed by atoms with Crippen LogP contribution >= 0.6 is 17.2 Å². The maximum atomic E-state index is 11.4. The van der Waals surface area contributed by atoms with E-state index in [9.17, 15) is 9.59 Å². The summed E-state index contributed by atoms with van der Waals surface area (Å²) in [5.74, 6) is -2.28. The fourth-order valence-electron chi connectivity index (χ4n) is 1.09. The van der Waals surface area contributed by atoms with Crippen molar-refractivity contribution in [2.75, 3.05) is 0 Å². The third-order valence-electron chi connectivity index (χ3n) is 1.70. The van der Waals surface area contributed by atoms with Gasteiger partial charge < -0.3 is 28.6 Å². The number of carbonyl (C=O) groups is 2. The Hall–Kier alpha value is -1.14. The van der Waals surface area contributed by atoms with Gasteiger partial charge in [-0.25, -0.2) is 9.59 Å². The van der Waals surface area contributed by atoms with E-state index in [1.807, 2.05) is 0 Å². The molecule has 0 aliphatic carbocycles. The summed E-state index contributed by atoms with van der Waals surface area (Å²) >= 11 is 0. The first-order valence-electron chi connectivity index (χ1n) is 4.31. The molecule has 1 aromatic rings. The highest BCUT2D eigenvalue weighted by Gasteiger charge is 2.22. The predicted molar refractivity (Wildman–Crippen MR) is 60.0 cm³/mol. The second kappa shape index (κ2) is 6.70.